The number of hydrogen-bond acceptors (Lipinski definition) is 13. The highest BCUT2D eigenvalue weighted by atomic mass is 16.4. The van der Waals surface area contributed by atoms with E-state index in [9.17, 15) is 58.8 Å². The van der Waals surface area contributed by atoms with Gasteiger partial charge in [-0.1, -0.05) is 58.4 Å². The third-order valence-corrected chi connectivity index (χ3v) is 11.9. The molecule has 1 saturated heterocycles. The van der Waals surface area contributed by atoms with Gasteiger partial charge in [0.2, 0.25) is 41.4 Å². The smallest absolute Gasteiger partial charge is 0.326 e. The predicted octanol–water partition coefficient (Wildman–Crippen LogP) is -1.34. The van der Waals surface area contributed by atoms with Crippen molar-refractivity contribution in [1.29, 1.82) is 0 Å². The van der Waals surface area contributed by atoms with E-state index in [0.717, 1.165) is 6.42 Å². The maximum absolute atomic E-state index is 14.1. The second kappa shape index (κ2) is 28.6. The van der Waals surface area contributed by atoms with Crippen molar-refractivity contribution in [3.05, 3.63) is 59.7 Å². The first-order valence-electron chi connectivity index (χ1n) is 23.9. The molecule has 71 heavy (non-hydrogen) atoms. The predicted molar refractivity (Wildman–Crippen MR) is 262 cm³/mol. The Bertz CT molecular complexity index is 2150. The van der Waals surface area contributed by atoms with Crippen LogP contribution in [0.2, 0.25) is 0 Å². The van der Waals surface area contributed by atoms with Gasteiger partial charge in [-0.05, 0) is 99.7 Å². The van der Waals surface area contributed by atoms with E-state index in [2.05, 4.69) is 47.5 Å². The standard InChI is InChI=1S/C48H73N11O12/c1-7-26(4)38(58-41(64)33-10-8-20-51-33)45(68)59-39(28(6)60)46(69)56-35(23-29-12-16-31(61)17-13-29)43(66)53-27(5)40(63)55-36(24-30-14-18-32(62)19-15-30)44(67)54-34(11-9-21-52-48(49)50)42(65)57-37(47(70)71)22-25(2)3/h12-19,25-28,33-39,51,60-62H,7-11,20-24H2,1-6H3,(H,53,66)(H,54,67)(H,55,63)(H,56,69)(H,57,65)(H,58,64)(H,59,68)(H,70,71)(H4,49,50,52)/t26-,27-,28+,33-,34-,35-,36-,37-,38-,39-/m0/s1. The summed E-state index contributed by atoms with van der Waals surface area (Å²) >= 11 is 0. The maximum Gasteiger partial charge on any atom is 0.326 e. The average molecular weight is 996 g/mol. The summed E-state index contributed by atoms with van der Waals surface area (Å²) in [4.78, 5) is 113. The number of phenols is 2. The number of carbonyl (C=O) groups excluding carboxylic acids is 7. The van der Waals surface area contributed by atoms with Crippen molar-refractivity contribution in [2.24, 2.45) is 28.3 Å². The summed E-state index contributed by atoms with van der Waals surface area (Å²) in [6, 6.07) is 1.38. The van der Waals surface area contributed by atoms with Crippen molar-refractivity contribution in [1.82, 2.24) is 42.5 Å². The minimum Gasteiger partial charge on any atom is -0.508 e. The number of amides is 7. The van der Waals surface area contributed by atoms with Crippen LogP contribution in [0.1, 0.15) is 91.2 Å². The number of hydrogen-bond donors (Lipinski definition) is 14. The number of nitrogens with one attached hydrogen (secondary N) is 8. The number of aromatic hydroxyl groups is 2. The number of phenolic OH excluding ortho intramolecular Hbond substituents is 2. The molecule has 23 heteroatoms. The Morgan fingerprint density at radius 1 is 0.662 bits per heavy atom. The van der Waals surface area contributed by atoms with Crippen LogP contribution in [0, 0.1) is 11.8 Å². The zero-order valence-electron chi connectivity index (χ0n) is 41.2. The van der Waals surface area contributed by atoms with E-state index < -0.39 is 95.9 Å². The number of aliphatic hydroxyl groups excluding tert-OH is 1. The Kier molecular flexibility index (Phi) is 23.5. The molecule has 3 rings (SSSR count). The molecule has 2 aromatic carbocycles. The van der Waals surface area contributed by atoms with E-state index in [4.69, 9.17) is 11.5 Å². The Morgan fingerprint density at radius 2 is 1.15 bits per heavy atom. The van der Waals surface area contributed by atoms with Crippen LogP contribution < -0.4 is 54.0 Å². The van der Waals surface area contributed by atoms with Crippen molar-refractivity contribution in [2.75, 3.05) is 13.1 Å². The van der Waals surface area contributed by atoms with Gasteiger partial charge >= 0.3 is 5.97 Å². The summed E-state index contributed by atoms with van der Waals surface area (Å²) in [5.41, 5.74) is 11.8. The summed E-state index contributed by atoms with van der Waals surface area (Å²) in [5.74, 6) is -7.68. The highest BCUT2D eigenvalue weighted by Crippen LogP contribution is 2.16. The molecule has 1 fully saturated rings. The largest absolute Gasteiger partial charge is 0.508 e. The van der Waals surface area contributed by atoms with Gasteiger partial charge in [-0.3, -0.25) is 38.6 Å². The van der Waals surface area contributed by atoms with Crippen LogP contribution in [0.25, 0.3) is 0 Å². The van der Waals surface area contributed by atoms with E-state index in [-0.39, 0.29) is 73.9 Å². The van der Waals surface area contributed by atoms with Gasteiger partial charge < -0.3 is 74.4 Å². The molecule has 0 aromatic heterocycles. The van der Waals surface area contributed by atoms with Crippen LogP contribution >= 0.6 is 0 Å². The zero-order valence-corrected chi connectivity index (χ0v) is 41.2. The van der Waals surface area contributed by atoms with Crippen LogP contribution in [0.3, 0.4) is 0 Å². The van der Waals surface area contributed by atoms with Crippen molar-refractivity contribution < 1.29 is 58.8 Å². The summed E-state index contributed by atoms with van der Waals surface area (Å²) < 4.78 is 0. The molecule has 2 aromatic rings. The minimum absolute atomic E-state index is 0.0460. The van der Waals surface area contributed by atoms with Crippen molar-refractivity contribution in [2.45, 2.75) is 147 Å². The number of rotatable bonds is 28. The van der Waals surface area contributed by atoms with Crippen LogP contribution in [0.15, 0.2) is 53.5 Å². The Hall–Kier alpha value is -7.01. The third-order valence-electron chi connectivity index (χ3n) is 11.9. The molecule has 0 unspecified atom stereocenters. The summed E-state index contributed by atoms with van der Waals surface area (Å²) in [6.07, 6.45) is 0.195. The van der Waals surface area contributed by atoms with E-state index in [1.165, 1.54) is 62.4 Å². The molecule has 1 heterocycles. The van der Waals surface area contributed by atoms with Crippen molar-refractivity contribution >= 4 is 53.3 Å². The van der Waals surface area contributed by atoms with Gasteiger partial charge in [0.15, 0.2) is 5.96 Å². The van der Waals surface area contributed by atoms with E-state index in [1.807, 2.05) is 6.92 Å². The number of carboxylic acid groups (broad SMARTS) is 1. The zero-order chi connectivity index (χ0) is 52.9. The topological polar surface area (TPSA) is 378 Å². The lowest BCUT2D eigenvalue weighted by Crippen LogP contribution is -2.62. The number of carbonyl (C=O) groups is 8. The molecule has 23 nitrogen and oxygen atoms in total. The monoisotopic (exact) mass is 996 g/mol. The highest BCUT2D eigenvalue weighted by molar-refractivity contribution is 5.98. The number of nitrogens with zero attached hydrogens (tertiary/aromatic N) is 1. The van der Waals surface area contributed by atoms with E-state index in [0.29, 0.717) is 30.5 Å². The minimum atomic E-state index is -1.62. The van der Waals surface area contributed by atoms with Gasteiger partial charge in [-0.15, -0.1) is 0 Å². The fourth-order valence-electron chi connectivity index (χ4n) is 7.61. The van der Waals surface area contributed by atoms with Crippen molar-refractivity contribution in [3.63, 3.8) is 0 Å². The molecule has 0 spiro atoms. The van der Waals surface area contributed by atoms with Crippen LogP contribution in [-0.2, 0) is 51.2 Å². The third kappa shape index (κ3) is 19.7. The van der Waals surface area contributed by atoms with Gasteiger partial charge in [0.05, 0.1) is 12.1 Å². The van der Waals surface area contributed by atoms with Gasteiger partial charge in [0, 0.05) is 19.4 Å². The van der Waals surface area contributed by atoms with Crippen LogP contribution in [0.4, 0.5) is 0 Å². The first-order valence-corrected chi connectivity index (χ1v) is 23.9. The highest BCUT2D eigenvalue weighted by Gasteiger charge is 2.37. The summed E-state index contributed by atoms with van der Waals surface area (Å²) in [6.45, 7) is 10.4. The molecule has 7 amide bonds. The van der Waals surface area contributed by atoms with Gasteiger partial charge in [0.25, 0.3) is 0 Å². The lowest BCUT2D eigenvalue weighted by atomic mass is 9.97. The summed E-state index contributed by atoms with van der Waals surface area (Å²) in [7, 11) is 0. The first-order chi connectivity index (χ1) is 33.5. The second-order valence-electron chi connectivity index (χ2n) is 18.4. The van der Waals surface area contributed by atoms with E-state index >= 15 is 0 Å². The number of carboxylic acids is 1. The van der Waals surface area contributed by atoms with Crippen molar-refractivity contribution in [3.8, 4) is 11.5 Å². The SMILES string of the molecule is CC[C@H](C)[C@H](NC(=O)[C@@H]1CCCN1)C(=O)N[C@H](C(=O)N[C@@H](Cc1ccc(O)cc1)C(=O)N[C@@H](C)C(=O)N[C@@H](Cc1ccc(O)cc1)C(=O)N[C@@H](CCCN=C(N)N)C(=O)N[C@@H](CC(C)C)C(=O)O)[C@@H](C)O. The number of guanidine groups is 1. The Labute approximate surface area is 413 Å². The number of aliphatic carboxylic acids is 1. The molecule has 392 valence electrons. The molecule has 1 aliphatic rings. The average Bonchev–Trinajstić information content (AvgIpc) is 3.86. The molecular formula is C48H73N11O12. The van der Waals surface area contributed by atoms with Gasteiger partial charge in [-0.25, -0.2) is 4.79 Å². The molecular weight excluding hydrogens is 923 g/mol. The number of nitrogens with two attached hydrogens (primary N) is 2. The maximum atomic E-state index is 14.1. The Balaban J connectivity index is 1.88. The number of aliphatic hydroxyl groups is 1. The van der Waals surface area contributed by atoms with Crippen LogP contribution in [-0.4, -0.2) is 141 Å². The molecule has 0 bridgehead atoms. The fourth-order valence-corrected chi connectivity index (χ4v) is 7.61. The molecule has 0 saturated carbocycles. The normalized spacial score (nSPS) is 17.0. The lowest BCUT2D eigenvalue weighted by molar-refractivity contribution is -0.143. The molecule has 1 aliphatic heterocycles. The van der Waals surface area contributed by atoms with Gasteiger partial charge in [0.1, 0.15) is 53.8 Å². The molecule has 0 radical (unpaired) electrons. The van der Waals surface area contributed by atoms with Crippen LogP contribution in [0.5, 0.6) is 11.5 Å². The quantitative estimate of drug-likeness (QED) is 0.0267. The number of benzene rings is 2. The Morgan fingerprint density at radius 3 is 1.63 bits per heavy atom. The van der Waals surface area contributed by atoms with E-state index in [1.54, 1.807) is 20.8 Å². The van der Waals surface area contributed by atoms with Gasteiger partial charge in [-0.2, -0.15) is 0 Å². The lowest BCUT2D eigenvalue weighted by Gasteiger charge is -2.29. The number of aliphatic imine (C=N–C) groups is 1. The second-order valence-corrected chi connectivity index (χ2v) is 18.4. The fraction of sp³-hybridized carbons (Fsp3) is 0.562. The summed E-state index contributed by atoms with van der Waals surface area (Å²) in [5, 5.41) is 61.6. The molecule has 16 N–H and O–H groups in total. The first kappa shape index (κ1) is 58.3. The molecule has 0 aliphatic carbocycles. The molecule has 10 atom stereocenters.